The van der Waals surface area contributed by atoms with Gasteiger partial charge in [0.25, 0.3) is 0 Å². The molecular weight excluding hydrogens is 160 g/mol. The van der Waals surface area contributed by atoms with Gasteiger partial charge in [-0.15, -0.1) is 0 Å². The van der Waals surface area contributed by atoms with Crippen molar-refractivity contribution in [1.29, 1.82) is 0 Å². The number of hydrogen-bond acceptors (Lipinski definition) is 1. The number of carbonyl (C=O) groups excluding carboxylic acids is 1. The van der Waals surface area contributed by atoms with Gasteiger partial charge in [0.05, 0.1) is 0 Å². The van der Waals surface area contributed by atoms with E-state index >= 15 is 0 Å². The Hall–Kier alpha value is -0.590. The number of hydrogen-bond donors (Lipinski definition) is 0. The first kappa shape index (κ1) is 8.98. The molecular formula is C12H18O. The van der Waals surface area contributed by atoms with Gasteiger partial charge in [-0.25, -0.2) is 0 Å². The zero-order valence-corrected chi connectivity index (χ0v) is 8.55. The van der Waals surface area contributed by atoms with Crippen LogP contribution in [-0.4, -0.2) is 6.29 Å². The van der Waals surface area contributed by atoms with E-state index in [9.17, 15) is 4.79 Å². The molecule has 0 N–H and O–H groups in total. The van der Waals surface area contributed by atoms with Crippen LogP contribution in [0.1, 0.15) is 39.5 Å². The molecule has 3 atom stereocenters. The molecule has 13 heavy (non-hydrogen) atoms. The van der Waals surface area contributed by atoms with E-state index in [1.807, 2.05) is 0 Å². The number of carbonyl (C=O) groups is 1. The Kier molecular flexibility index (Phi) is 2.05. The molecule has 3 aliphatic rings. The average molecular weight is 178 g/mol. The van der Waals surface area contributed by atoms with Crippen molar-refractivity contribution in [3.05, 3.63) is 11.6 Å². The Bertz CT molecular complexity index is 254. The van der Waals surface area contributed by atoms with Crippen molar-refractivity contribution in [2.24, 2.45) is 17.3 Å². The fourth-order valence-electron chi connectivity index (χ4n) is 3.24. The van der Waals surface area contributed by atoms with Crippen molar-refractivity contribution in [2.75, 3.05) is 0 Å². The van der Waals surface area contributed by atoms with Crippen molar-refractivity contribution in [3.8, 4) is 0 Å². The van der Waals surface area contributed by atoms with Gasteiger partial charge in [0.15, 0.2) is 0 Å². The van der Waals surface area contributed by atoms with E-state index in [4.69, 9.17) is 0 Å². The molecule has 3 rings (SSSR count). The van der Waals surface area contributed by atoms with Gasteiger partial charge in [-0.1, -0.05) is 18.6 Å². The first-order chi connectivity index (χ1) is 6.18. The lowest BCUT2D eigenvalue weighted by Crippen LogP contribution is -2.49. The highest BCUT2D eigenvalue weighted by atomic mass is 16.1. The zero-order chi connectivity index (χ0) is 9.47. The molecule has 1 nitrogen and oxygen atoms in total. The van der Waals surface area contributed by atoms with Crippen LogP contribution in [0.5, 0.6) is 0 Å². The van der Waals surface area contributed by atoms with Crippen LogP contribution in [0.25, 0.3) is 0 Å². The molecule has 0 amide bonds. The van der Waals surface area contributed by atoms with Crippen molar-refractivity contribution in [3.63, 3.8) is 0 Å². The minimum absolute atomic E-state index is 0.458. The van der Waals surface area contributed by atoms with Crippen molar-refractivity contribution in [1.82, 2.24) is 0 Å². The highest BCUT2D eigenvalue weighted by molar-refractivity contribution is 5.49. The summed E-state index contributed by atoms with van der Waals surface area (Å²) in [5, 5.41) is 0. The Morgan fingerprint density at radius 3 is 3.00 bits per heavy atom. The Labute approximate surface area is 80.2 Å². The summed E-state index contributed by atoms with van der Waals surface area (Å²) < 4.78 is 0. The number of rotatable bonds is 3. The lowest BCUT2D eigenvalue weighted by atomic mass is 9.47. The molecule has 3 aliphatic carbocycles. The van der Waals surface area contributed by atoms with E-state index in [1.54, 1.807) is 5.57 Å². The predicted molar refractivity (Wildman–Crippen MR) is 53.4 cm³/mol. The molecule has 0 saturated heterocycles. The van der Waals surface area contributed by atoms with Crippen molar-refractivity contribution >= 4 is 6.29 Å². The molecule has 1 fully saturated rings. The van der Waals surface area contributed by atoms with Crippen molar-refractivity contribution < 1.29 is 4.79 Å². The summed E-state index contributed by atoms with van der Waals surface area (Å²) in [6, 6.07) is 0. The topological polar surface area (TPSA) is 17.1 Å². The Morgan fingerprint density at radius 2 is 2.46 bits per heavy atom. The fourth-order valence-corrected chi connectivity index (χ4v) is 3.24. The summed E-state index contributed by atoms with van der Waals surface area (Å²) in [4.78, 5) is 10.4. The van der Waals surface area contributed by atoms with Crippen LogP contribution in [0.15, 0.2) is 11.6 Å². The normalized spacial score (nSPS) is 42.2. The summed E-state index contributed by atoms with van der Waals surface area (Å²) in [6.07, 6.45) is 7.92. The summed E-state index contributed by atoms with van der Waals surface area (Å²) in [7, 11) is 0. The lowest BCUT2D eigenvalue weighted by molar-refractivity contribution is -0.110. The highest BCUT2D eigenvalue weighted by Gasteiger charge is 2.52. The third-order valence-electron chi connectivity index (χ3n) is 4.32. The van der Waals surface area contributed by atoms with E-state index in [-0.39, 0.29) is 0 Å². The SMILES string of the molecule is CC1=CC[C@H]2C[C@@H]1[C@]2(C)CCC=O. The van der Waals surface area contributed by atoms with Gasteiger partial charge in [0.1, 0.15) is 6.29 Å². The van der Waals surface area contributed by atoms with E-state index in [1.165, 1.54) is 12.8 Å². The summed E-state index contributed by atoms with van der Waals surface area (Å²) in [5.74, 6) is 1.65. The smallest absolute Gasteiger partial charge is 0.120 e. The van der Waals surface area contributed by atoms with E-state index in [2.05, 4.69) is 19.9 Å². The second-order valence-electron chi connectivity index (χ2n) is 4.88. The molecule has 2 bridgehead atoms. The van der Waals surface area contributed by atoms with Crippen LogP contribution in [-0.2, 0) is 4.79 Å². The molecule has 1 saturated carbocycles. The molecule has 0 spiro atoms. The van der Waals surface area contributed by atoms with Gasteiger partial charge < -0.3 is 4.79 Å². The Morgan fingerprint density at radius 1 is 1.69 bits per heavy atom. The monoisotopic (exact) mass is 178 g/mol. The van der Waals surface area contributed by atoms with Crippen molar-refractivity contribution in [2.45, 2.75) is 39.5 Å². The maximum absolute atomic E-state index is 10.4. The van der Waals surface area contributed by atoms with Gasteiger partial charge in [-0.2, -0.15) is 0 Å². The minimum atomic E-state index is 0.458. The van der Waals surface area contributed by atoms with Crippen LogP contribution in [0.4, 0.5) is 0 Å². The third-order valence-corrected chi connectivity index (χ3v) is 4.32. The molecule has 0 aromatic carbocycles. The van der Waals surface area contributed by atoms with Gasteiger partial charge >= 0.3 is 0 Å². The molecule has 0 unspecified atom stereocenters. The maximum Gasteiger partial charge on any atom is 0.120 e. The molecule has 1 heteroatoms. The predicted octanol–water partition coefficient (Wildman–Crippen LogP) is 2.96. The van der Waals surface area contributed by atoms with Gasteiger partial charge in [0.2, 0.25) is 0 Å². The van der Waals surface area contributed by atoms with E-state index < -0.39 is 0 Å². The number of allylic oxidation sites excluding steroid dienone is 2. The van der Waals surface area contributed by atoms with Gasteiger partial charge in [0, 0.05) is 6.42 Å². The minimum Gasteiger partial charge on any atom is -0.303 e. The van der Waals surface area contributed by atoms with Gasteiger partial charge in [-0.3, -0.25) is 0 Å². The number of fused-ring (bicyclic) bond motifs is 1. The third kappa shape index (κ3) is 1.17. The maximum atomic E-state index is 10.4. The standard InChI is InChI=1S/C12H18O/c1-9-4-5-10-8-11(9)12(10,2)6-3-7-13/h4,7,10-11H,3,5-6,8H2,1-2H3/t10-,11-,12+/m0/s1. The largest absolute Gasteiger partial charge is 0.303 e. The van der Waals surface area contributed by atoms with Gasteiger partial charge in [-0.05, 0) is 43.4 Å². The lowest BCUT2D eigenvalue weighted by Gasteiger charge is -2.58. The van der Waals surface area contributed by atoms with Crippen LogP contribution in [0.2, 0.25) is 0 Å². The first-order valence-corrected chi connectivity index (χ1v) is 5.29. The zero-order valence-electron chi connectivity index (χ0n) is 8.55. The summed E-state index contributed by atoms with van der Waals surface area (Å²) in [5.41, 5.74) is 2.02. The molecule has 0 aliphatic heterocycles. The fraction of sp³-hybridized carbons (Fsp3) is 0.750. The van der Waals surface area contributed by atoms with Crippen LogP contribution < -0.4 is 0 Å². The van der Waals surface area contributed by atoms with Crippen LogP contribution >= 0.6 is 0 Å². The quantitative estimate of drug-likeness (QED) is 0.479. The highest BCUT2D eigenvalue weighted by Crippen LogP contribution is 2.61. The molecule has 0 aromatic heterocycles. The van der Waals surface area contributed by atoms with Crippen LogP contribution in [0, 0.1) is 17.3 Å². The summed E-state index contributed by atoms with van der Waals surface area (Å²) in [6.45, 7) is 4.62. The molecule has 0 aromatic rings. The average Bonchev–Trinajstić information content (AvgIpc) is 2.13. The molecule has 0 radical (unpaired) electrons. The van der Waals surface area contributed by atoms with Crippen LogP contribution in [0.3, 0.4) is 0 Å². The molecule has 0 heterocycles. The van der Waals surface area contributed by atoms with E-state index in [0.29, 0.717) is 5.41 Å². The Balaban J connectivity index is 2.09. The summed E-state index contributed by atoms with van der Waals surface area (Å²) >= 11 is 0. The second kappa shape index (κ2) is 2.97. The number of aldehydes is 1. The molecule has 72 valence electrons. The first-order valence-electron chi connectivity index (χ1n) is 5.29. The second-order valence-corrected chi connectivity index (χ2v) is 4.88. The van der Waals surface area contributed by atoms with E-state index in [0.717, 1.165) is 31.0 Å².